The second kappa shape index (κ2) is 13.0. The van der Waals surface area contributed by atoms with E-state index >= 15 is 0 Å². The van der Waals surface area contributed by atoms with Crippen LogP contribution in [0.15, 0.2) is 104 Å². The smallest absolute Gasteiger partial charge is 0.216 e. The SMILES string of the molecule is C=CC1C[N+]2(Cc3ccccc3)CCC1CC2C(O)c1cc[n+](Cc2ccccc2)c2cc(OC)ccc12.[Br-].[Br-]. The molecule has 2 bridgehead atoms. The van der Waals surface area contributed by atoms with Gasteiger partial charge in [0.1, 0.15) is 24.4 Å². The van der Waals surface area contributed by atoms with Gasteiger partial charge in [-0.25, -0.2) is 0 Å². The lowest BCUT2D eigenvalue weighted by atomic mass is 9.71. The zero-order chi connectivity index (χ0) is 26.1. The number of aliphatic hydroxyl groups excluding tert-OH is 1. The normalized spacial score (nSPS) is 24.0. The molecule has 3 saturated heterocycles. The molecule has 210 valence electrons. The highest BCUT2D eigenvalue weighted by Gasteiger charge is 2.54. The molecule has 4 heterocycles. The van der Waals surface area contributed by atoms with Crippen molar-refractivity contribution in [3.05, 3.63) is 120 Å². The van der Waals surface area contributed by atoms with Gasteiger partial charge in [-0.3, -0.25) is 0 Å². The van der Waals surface area contributed by atoms with Crippen LogP contribution in [0.3, 0.4) is 0 Å². The summed E-state index contributed by atoms with van der Waals surface area (Å²) in [5.74, 6) is 1.94. The summed E-state index contributed by atoms with van der Waals surface area (Å²) in [6, 6.07) is 29.9. The number of rotatable bonds is 8. The Balaban J connectivity index is 0.00000185. The summed E-state index contributed by atoms with van der Waals surface area (Å²) in [6.45, 7) is 8.06. The lowest BCUT2D eigenvalue weighted by Gasteiger charge is -2.58. The molecule has 3 aliphatic rings. The minimum absolute atomic E-state index is 0. The first kappa shape index (κ1) is 30.4. The molecule has 5 atom stereocenters. The summed E-state index contributed by atoms with van der Waals surface area (Å²) < 4.78 is 8.79. The molecule has 0 saturated carbocycles. The van der Waals surface area contributed by atoms with Gasteiger partial charge in [0.15, 0.2) is 12.7 Å². The van der Waals surface area contributed by atoms with E-state index in [4.69, 9.17) is 4.74 Å². The van der Waals surface area contributed by atoms with Gasteiger partial charge in [0.2, 0.25) is 5.52 Å². The summed E-state index contributed by atoms with van der Waals surface area (Å²) in [6.07, 6.45) is 5.99. The average Bonchev–Trinajstić information content (AvgIpc) is 2.97. The lowest BCUT2D eigenvalue weighted by molar-refractivity contribution is -0.984. The van der Waals surface area contributed by atoms with Crippen molar-refractivity contribution >= 4 is 10.9 Å². The van der Waals surface area contributed by atoms with Crippen molar-refractivity contribution in [2.24, 2.45) is 11.8 Å². The van der Waals surface area contributed by atoms with Crippen LogP contribution in [-0.2, 0) is 13.1 Å². The molecular formula is C34H38Br2N2O2. The highest BCUT2D eigenvalue weighted by atomic mass is 79.9. The summed E-state index contributed by atoms with van der Waals surface area (Å²) in [7, 11) is 1.71. The molecule has 3 aliphatic heterocycles. The van der Waals surface area contributed by atoms with Gasteiger partial charge in [0, 0.05) is 41.5 Å². The molecule has 0 radical (unpaired) electrons. The van der Waals surface area contributed by atoms with Crippen molar-refractivity contribution in [1.82, 2.24) is 0 Å². The summed E-state index contributed by atoms with van der Waals surface area (Å²) >= 11 is 0. The topological polar surface area (TPSA) is 33.3 Å². The Bertz CT molecular complexity index is 1430. The second-order valence-corrected chi connectivity index (χ2v) is 11.2. The Hall–Kier alpha value is -2.51. The molecule has 4 aromatic rings. The van der Waals surface area contributed by atoms with Crippen LogP contribution in [0, 0.1) is 11.8 Å². The van der Waals surface area contributed by atoms with E-state index in [0.29, 0.717) is 11.8 Å². The zero-order valence-corrected chi connectivity index (χ0v) is 26.2. The number of aromatic nitrogens is 1. The number of quaternary nitrogens is 1. The highest BCUT2D eigenvalue weighted by Crippen LogP contribution is 2.48. The Morgan fingerprint density at radius 3 is 2.38 bits per heavy atom. The Morgan fingerprint density at radius 2 is 1.70 bits per heavy atom. The quantitative estimate of drug-likeness (QED) is 0.161. The molecule has 0 amide bonds. The third-order valence-electron chi connectivity index (χ3n) is 9.15. The van der Waals surface area contributed by atoms with Crippen LogP contribution in [0.25, 0.3) is 10.9 Å². The minimum atomic E-state index is -0.547. The van der Waals surface area contributed by atoms with E-state index in [-0.39, 0.29) is 40.0 Å². The van der Waals surface area contributed by atoms with E-state index in [2.05, 4.69) is 96.2 Å². The van der Waals surface area contributed by atoms with Crippen LogP contribution in [-0.4, -0.2) is 35.8 Å². The first-order chi connectivity index (χ1) is 18.6. The van der Waals surface area contributed by atoms with Crippen LogP contribution < -0.4 is 43.3 Å². The van der Waals surface area contributed by atoms with Crippen molar-refractivity contribution in [3.63, 3.8) is 0 Å². The zero-order valence-electron chi connectivity index (χ0n) is 23.0. The van der Waals surface area contributed by atoms with Crippen LogP contribution in [0.4, 0.5) is 0 Å². The van der Waals surface area contributed by atoms with Gasteiger partial charge >= 0.3 is 0 Å². The Labute approximate surface area is 259 Å². The highest BCUT2D eigenvalue weighted by molar-refractivity contribution is 5.81. The van der Waals surface area contributed by atoms with E-state index in [1.807, 2.05) is 12.1 Å². The molecule has 40 heavy (non-hydrogen) atoms. The molecule has 1 N–H and O–H groups in total. The Kier molecular flexibility index (Phi) is 9.89. The number of piperidine rings is 3. The van der Waals surface area contributed by atoms with E-state index in [0.717, 1.165) is 59.3 Å². The monoisotopic (exact) mass is 664 g/mol. The number of hydrogen-bond donors (Lipinski definition) is 1. The largest absolute Gasteiger partial charge is 1.00 e. The van der Waals surface area contributed by atoms with E-state index < -0.39 is 6.10 Å². The maximum absolute atomic E-state index is 12.2. The number of ether oxygens (including phenoxy) is 1. The van der Waals surface area contributed by atoms with Crippen LogP contribution in [0.5, 0.6) is 5.75 Å². The fourth-order valence-electron chi connectivity index (χ4n) is 7.17. The van der Waals surface area contributed by atoms with Gasteiger partial charge in [0.25, 0.3) is 0 Å². The van der Waals surface area contributed by atoms with E-state index in [1.165, 1.54) is 17.5 Å². The first-order valence-electron chi connectivity index (χ1n) is 13.8. The van der Waals surface area contributed by atoms with Crippen molar-refractivity contribution in [2.75, 3.05) is 20.2 Å². The standard InChI is InChI=1S/C34H38N2O2.2BrH/c1-3-27-24-36(23-26-12-8-5-9-13-26)19-17-28(27)20-33(36)34(37)31-16-18-35(22-25-10-6-4-7-11-25)32-21-29(38-2)14-15-30(31)32;;/h3-16,18,21,27-28,33-34,37H,1,17,19-20,22-24H2,2H3;2*1H/q+2;;/p-2. The molecule has 4 nitrogen and oxygen atoms in total. The van der Waals surface area contributed by atoms with Gasteiger partial charge in [-0.15, -0.1) is 6.58 Å². The van der Waals surface area contributed by atoms with Gasteiger partial charge in [-0.2, -0.15) is 4.57 Å². The third-order valence-corrected chi connectivity index (χ3v) is 9.15. The van der Waals surface area contributed by atoms with Gasteiger partial charge < -0.3 is 48.3 Å². The predicted molar refractivity (Wildman–Crippen MR) is 152 cm³/mol. The van der Waals surface area contributed by atoms with Gasteiger partial charge in [0.05, 0.1) is 31.7 Å². The number of nitrogens with zero attached hydrogens (tertiary/aromatic N) is 2. The molecule has 7 rings (SSSR count). The maximum Gasteiger partial charge on any atom is 0.216 e. The summed E-state index contributed by atoms with van der Waals surface area (Å²) in [5.41, 5.74) is 4.69. The number of aliphatic hydroxyl groups is 1. The van der Waals surface area contributed by atoms with Crippen LogP contribution in [0.2, 0.25) is 0 Å². The fourth-order valence-corrected chi connectivity index (χ4v) is 7.17. The third kappa shape index (κ3) is 5.78. The number of hydrogen-bond acceptors (Lipinski definition) is 2. The van der Waals surface area contributed by atoms with Crippen LogP contribution >= 0.6 is 0 Å². The first-order valence-corrected chi connectivity index (χ1v) is 13.8. The molecule has 1 aromatic heterocycles. The number of methoxy groups -OCH3 is 1. The van der Waals surface area contributed by atoms with E-state index in [1.54, 1.807) is 7.11 Å². The number of fused-ring (bicyclic) bond motifs is 4. The van der Waals surface area contributed by atoms with Crippen molar-refractivity contribution < 1.29 is 52.9 Å². The fraction of sp³-hybridized carbons (Fsp3) is 0.324. The summed E-state index contributed by atoms with van der Waals surface area (Å²) in [4.78, 5) is 0. The second-order valence-electron chi connectivity index (χ2n) is 11.2. The minimum Gasteiger partial charge on any atom is -1.00 e. The molecule has 0 spiro atoms. The molecule has 5 unspecified atom stereocenters. The molecule has 0 aliphatic carbocycles. The van der Waals surface area contributed by atoms with Crippen molar-refractivity contribution in [2.45, 2.75) is 38.1 Å². The molecular weight excluding hydrogens is 628 g/mol. The number of halogens is 2. The number of pyridine rings is 1. The molecule has 3 fully saturated rings. The number of benzene rings is 3. The average molecular weight is 666 g/mol. The van der Waals surface area contributed by atoms with E-state index in [9.17, 15) is 5.11 Å². The van der Waals surface area contributed by atoms with Crippen LogP contribution in [0.1, 0.15) is 35.6 Å². The molecule has 6 heteroatoms. The van der Waals surface area contributed by atoms with Crippen molar-refractivity contribution in [3.8, 4) is 5.75 Å². The Morgan fingerprint density at radius 1 is 1.00 bits per heavy atom. The van der Waals surface area contributed by atoms with Gasteiger partial charge in [-0.1, -0.05) is 66.7 Å². The maximum atomic E-state index is 12.2. The summed E-state index contributed by atoms with van der Waals surface area (Å²) in [5, 5.41) is 13.3. The predicted octanol–water partition coefficient (Wildman–Crippen LogP) is -0.163. The van der Waals surface area contributed by atoms with Crippen molar-refractivity contribution in [1.29, 1.82) is 0 Å². The molecule has 3 aromatic carbocycles. The van der Waals surface area contributed by atoms with Gasteiger partial charge in [-0.05, 0) is 18.1 Å². The lowest BCUT2D eigenvalue weighted by Crippen LogP contribution is -3.00.